The number of nitrogens with zero attached hydrogens (tertiary/aromatic N) is 1. The van der Waals surface area contributed by atoms with Gasteiger partial charge in [-0.3, -0.25) is 0 Å². The molecule has 0 saturated heterocycles. The topological polar surface area (TPSA) is 46.6 Å². The molecule has 2 aromatic carbocycles. The summed E-state index contributed by atoms with van der Waals surface area (Å²) in [5, 5.41) is 0. The molecule has 27 heavy (non-hydrogen) atoms. The Morgan fingerprint density at radius 2 is 1.67 bits per heavy atom. The van der Waals surface area contributed by atoms with Crippen LogP contribution in [0.25, 0.3) is 0 Å². The van der Waals surface area contributed by atoms with Crippen molar-refractivity contribution in [3.63, 3.8) is 0 Å². The zero-order valence-electron chi connectivity index (χ0n) is 14.4. The van der Waals surface area contributed by atoms with Gasteiger partial charge in [0.2, 0.25) is 0 Å². The first-order chi connectivity index (χ1) is 13.0. The average molecular weight is 367 g/mol. The third-order valence-electron chi connectivity index (χ3n) is 4.13. The average Bonchev–Trinajstić information content (AvgIpc) is 2.67. The first kappa shape index (κ1) is 18.3. The summed E-state index contributed by atoms with van der Waals surface area (Å²) < 4.78 is 32.4. The van der Waals surface area contributed by atoms with Gasteiger partial charge in [-0.1, -0.05) is 24.3 Å². The second kappa shape index (κ2) is 7.81. The van der Waals surface area contributed by atoms with E-state index >= 15 is 0 Å². The van der Waals surface area contributed by atoms with Crippen molar-refractivity contribution in [1.29, 1.82) is 0 Å². The highest BCUT2D eigenvalue weighted by Gasteiger charge is 2.30. The predicted molar refractivity (Wildman–Crippen MR) is 94.9 cm³/mol. The van der Waals surface area contributed by atoms with Crippen LogP contribution in [-0.4, -0.2) is 23.9 Å². The third kappa shape index (κ3) is 3.71. The minimum atomic E-state index is -0.752. The first-order valence-corrected chi connectivity index (χ1v) is 8.06. The molecule has 0 amide bonds. The summed E-state index contributed by atoms with van der Waals surface area (Å²) in [5.74, 6) is 0.0916. The molecular weight excluding hydrogens is 352 g/mol. The second-order valence-corrected chi connectivity index (χ2v) is 5.78. The van der Waals surface area contributed by atoms with E-state index in [0.29, 0.717) is 11.1 Å². The summed E-state index contributed by atoms with van der Waals surface area (Å²) in [7, 11) is 1.20. The van der Waals surface area contributed by atoms with Crippen LogP contribution in [0.4, 0.5) is 8.78 Å². The van der Waals surface area contributed by atoms with Crippen LogP contribution in [0.1, 0.15) is 17.2 Å². The van der Waals surface area contributed by atoms with Gasteiger partial charge in [0.1, 0.15) is 17.3 Å². The number of carbonyl (C=O) groups excluding carboxylic acids is 2. The number of allylic oxidation sites excluding steroid dienone is 2. The molecule has 3 rings (SSSR count). The summed E-state index contributed by atoms with van der Waals surface area (Å²) in [5.41, 5.74) is 0.879. The quantitative estimate of drug-likeness (QED) is 0.611. The Balaban J connectivity index is 2.16. The van der Waals surface area contributed by atoms with Crippen LogP contribution in [0.3, 0.4) is 0 Å². The van der Waals surface area contributed by atoms with E-state index < -0.39 is 23.6 Å². The molecule has 0 spiro atoms. The highest BCUT2D eigenvalue weighted by atomic mass is 19.1. The molecule has 0 fully saturated rings. The fourth-order valence-corrected chi connectivity index (χ4v) is 2.99. The summed E-state index contributed by atoms with van der Waals surface area (Å²) >= 11 is 0. The summed E-state index contributed by atoms with van der Waals surface area (Å²) in [6.45, 7) is 0. The maximum atomic E-state index is 13.8. The smallest absolute Gasteiger partial charge is 0.340 e. The lowest BCUT2D eigenvalue weighted by atomic mass is 9.94. The number of esters is 1. The highest BCUT2D eigenvalue weighted by Crippen LogP contribution is 2.35. The van der Waals surface area contributed by atoms with Crippen LogP contribution in [0.2, 0.25) is 0 Å². The normalized spacial score (nSPS) is 13.4. The minimum absolute atomic E-state index is 0.00723. The van der Waals surface area contributed by atoms with Gasteiger partial charge in [0, 0.05) is 6.20 Å². The first-order valence-electron chi connectivity index (χ1n) is 8.06. The largest absolute Gasteiger partial charge is 0.465 e. The summed E-state index contributed by atoms with van der Waals surface area (Å²) in [6, 6.07) is 10.8. The molecule has 0 atom stereocenters. The fraction of sp³-hybridized carbons (Fsp3) is 0.0952. The van der Waals surface area contributed by atoms with Crippen molar-refractivity contribution >= 4 is 11.9 Å². The molecule has 0 N–H and O–H groups in total. The van der Waals surface area contributed by atoms with Crippen LogP contribution in [0, 0.1) is 11.6 Å². The molecule has 0 aliphatic carbocycles. The summed E-state index contributed by atoms with van der Waals surface area (Å²) in [6.07, 6.45) is 4.53. The van der Waals surface area contributed by atoms with E-state index in [1.165, 1.54) is 54.5 Å². The number of rotatable bonds is 4. The van der Waals surface area contributed by atoms with Crippen LogP contribution >= 0.6 is 0 Å². The van der Waals surface area contributed by atoms with E-state index in [1.54, 1.807) is 30.4 Å². The molecule has 4 nitrogen and oxygen atoms in total. The van der Waals surface area contributed by atoms with Gasteiger partial charge in [0.15, 0.2) is 5.94 Å². The van der Waals surface area contributed by atoms with Crippen LogP contribution in [-0.2, 0) is 14.3 Å². The second-order valence-electron chi connectivity index (χ2n) is 5.78. The Bertz CT molecular complexity index is 945. The Kier molecular flexibility index (Phi) is 5.29. The number of methoxy groups -OCH3 is 1. The molecule has 1 aliphatic heterocycles. The van der Waals surface area contributed by atoms with E-state index in [-0.39, 0.29) is 11.3 Å². The molecule has 0 saturated carbocycles. The van der Waals surface area contributed by atoms with Gasteiger partial charge < -0.3 is 9.64 Å². The van der Waals surface area contributed by atoms with E-state index in [4.69, 9.17) is 4.74 Å². The van der Waals surface area contributed by atoms with Crippen molar-refractivity contribution in [2.24, 2.45) is 0 Å². The standard InChI is InChI=1S/C21H15F2NO3/c1-27-21(26)18-9-4-10-24(19(18)13-25)20(14-5-2-7-16(22)11-14)15-6-3-8-17(23)12-15/h2-12,20H,1H3. The van der Waals surface area contributed by atoms with Crippen molar-refractivity contribution in [2.45, 2.75) is 6.04 Å². The molecule has 1 aliphatic rings. The van der Waals surface area contributed by atoms with Gasteiger partial charge in [-0.05, 0) is 47.5 Å². The number of ether oxygens (including phenoxy) is 1. The third-order valence-corrected chi connectivity index (χ3v) is 4.13. The van der Waals surface area contributed by atoms with Crippen molar-refractivity contribution in [1.82, 2.24) is 4.90 Å². The Labute approximate surface area is 154 Å². The maximum Gasteiger partial charge on any atom is 0.340 e. The Morgan fingerprint density at radius 3 is 2.15 bits per heavy atom. The zero-order valence-corrected chi connectivity index (χ0v) is 14.4. The summed E-state index contributed by atoms with van der Waals surface area (Å²) in [4.78, 5) is 25.1. The monoisotopic (exact) mass is 367 g/mol. The fourth-order valence-electron chi connectivity index (χ4n) is 2.99. The molecule has 0 radical (unpaired) electrons. The number of halogens is 2. The van der Waals surface area contributed by atoms with Crippen LogP contribution < -0.4 is 0 Å². The Hall–Kier alpha value is -3.50. The van der Waals surface area contributed by atoms with Crippen molar-refractivity contribution in [2.75, 3.05) is 7.11 Å². The van der Waals surface area contributed by atoms with Crippen LogP contribution in [0.5, 0.6) is 0 Å². The lowest BCUT2D eigenvalue weighted by Crippen LogP contribution is -2.29. The molecule has 1 heterocycles. The molecule has 0 bridgehead atoms. The molecule has 136 valence electrons. The van der Waals surface area contributed by atoms with Gasteiger partial charge in [-0.15, -0.1) is 0 Å². The van der Waals surface area contributed by atoms with Gasteiger partial charge in [-0.2, -0.15) is 0 Å². The van der Waals surface area contributed by atoms with Crippen LogP contribution in [0.15, 0.2) is 78.2 Å². The number of carbonyl (C=O) groups is 1. The van der Waals surface area contributed by atoms with Gasteiger partial charge >= 0.3 is 5.97 Å². The molecule has 0 aromatic heterocycles. The number of benzene rings is 2. The van der Waals surface area contributed by atoms with Crippen molar-refractivity contribution in [3.8, 4) is 0 Å². The minimum Gasteiger partial charge on any atom is -0.465 e. The zero-order chi connectivity index (χ0) is 19.4. The molecule has 0 unspecified atom stereocenters. The lowest BCUT2D eigenvalue weighted by molar-refractivity contribution is -0.136. The van der Waals surface area contributed by atoms with Gasteiger partial charge in [0.05, 0.1) is 18.7 Å². The maximum absolute atomic E-state index is 13.8. The molecule has 6 heteroatoms. The molecule has 2 aromatic rings. The van der Waals surface area contributed by atoms with Gasteiger partial charge in [0.25, 0.3) is 0 Å². The van der Waals surface area contributed by atoms with E-state index in [9.17, 15) is 18.4 Å². The highest BCUT2D eigenvalue weighted by molar-refractivity contribution is 5.97. The van der Waals surface area contributed by atoms with E-state index in [1.807, 2.05) is 0 Å². The number of hydrogen-bond acceptors (Lipinski definition) is 4. The lowest BCUT2D eigenvalue weighted by Gasteiger charge is -2.33. The molecular formula is C21H15F2NO3. The van der Waals surface area contributed by atoms with E-state index in [0.717, 1.165) is 0 Å². The predicted octanol–water partition coefficient (Wildman–Crippen LogP) is 3.70. The van der Waals surface area contributed by atoms with E-state index in [2.05, 4.69) is 0 Å². The van der Waals surface area contributed by atoms with Crippen molar-refractivity contribution < 1.29 is 23.1 Å². The SMILES string of the molecule is COC(=O)C1=CC=CN(C(c2cccc(F)c2)c2cccc(F)c2)C1=C=O. The Morgan fingerprint density at radius 1 is 1.07 bits per heavy atom. The van der Waals surface area contributed by atoms with Gasteiger partial charge in [-0.25, -0.2) is 18.4 Å². The number of hydrogen-bond donors (Lipinski definition) is 0. The van der Waals surface area contributed by atoms with Crippen molar-refractivity contribution in [3.05, 3.63) is 101 Å².